The van der Waals surface area contributed by atoms with Crippen molar-refractivity contribution in [3.8, 4) is 6.07 Å². The quantitative estimate of drug-likeness (QED) is 0.831. The predicted molar refractivity (Wildman–Crippen MR) is 106 cm³/mol. The lowest BCUT2D eigenvalue weighted by Gasteiger charge is -2.35. The minimum Gasteiger partial charge on any atom is -0.339 e. The molecular weight excluding hydrogens is 350 g/mol. The number of nitriles is 1. The third-order valence-electron chi connectivity index (χ3n) is 5.68. The van der Waals surface area contributed by atoms with Crippen LogP contribution in [0.5, 0.6) is 0 Å². The third-order valence-corrected chi connectivity index (χ3v) is 5.68. The van der Waals surface area contributed by atoms with Gasteiger partial charge in [0.2, 0.25) is 5.91 Å². The molecule has 1 fully saturated rings. The van der Waals surface area contributed by atoms with Gasteiger partial charge in [-0.05, 0) is 54.2 Å². The Bertz CT molecular complexity index is 953. The summed E-state index contributed by atoms with van der Waals surface area (Å²) in [4.78, 5) is 29.0. The van der Waals surface area contributed by atoms with Crippen LogP contribution in [0.25, 0.3) is 0 Å². The molecule has 2 amide bonds. The number of hydrogen-bond donors (Lipinski definition) is 0. The van der Waals surface area contributed by atoms with Crippen molar-refractivity contribution in [2.45, 2.75) is 25.7 Å². The zero-order valence-electron chi connectivity index (χ0n) is 15.9. The van der Waals surface area contributed by atoms with Gasteiger partial charge < -0.3 is 9.80 Å². The maximum Gasteiger partial charge on any atom is 0.254 e. The van der Waals surface area contributed by atoms with Crippen LogP contribution in [-0.2, 0) is 24.1 Å². The first-order chi connectivity index (χ1) is 13.6. The van der Waals surface area contributed by atoms with Gasteiger partial charge in [0.1, 0.15) is 0 Å². The number of piperazine rings is 1. The smallest absolute Gasteiger partial charge is 0.254 e. The number of carbonyl (C=O) groups is 2. The summed E-state index contributed by atoms with van der Waals surface area (Å²) in [7, 11) is 0. The van der Waals surface area contributed by atoms with Crippen molar-refractivity contribution >= 4 is 11.8 Å². The molecule has 2 aromatic rings. The van der Waals surface area contributed by atoms with Gasteiger partial charge in [-0.1, -0.05) is 24.3 Å². The van der Waals surface area contributed by atoms with Crippen molar-refractivity contribution in [1.29, 1.82) is 5.26 Å². The molecule has 0 radical (unpaired) electrons. The molecule has 1 heterocycles. The summed E-state index contributed by atoms with van der Waals surface area (Å²) in [5, 5.41) is 9.00. The van der Waals surface area contributed by atoms with Crippen LogP contribution >= 0.6 is 0 Å². The number of amides is 2. The molecule has 0 bridgehead atoms. The van der Waals surface area contributed by atoms with E-state index in [-0.39, 0.29) is 11.8 Å². The molecule has 28 heavy (non-hydrogen) atoms. The fourth-order valence-electron chi connectivity index (χ4n) is 4.08. The zero-order valence-corrected chi connectivity index (χ0v) is 15.9. The molecule has 1 aliphatic carbocycles. The van der Waals surface area contributed by atoms with Crippen molar-refractivity contribution < 1.29 is 9.59 Å². The molecular formula is C23H23N3O2. The summed E-state index contributed by atoms with van der Waals surface area (Å²) in [5.41, 5.74) is 4.90. The maximum atomic E-state index is 12.7. The van der Waals surface area contributed by atoms with Gasteiger partial charge in [-0.3, -0.25) is 9.59 Å². The van der Waals surface area contributed by atoms with Gasteiger partial charge in [0.05, 0.1) is 18.1 Å². The molecule has 0 N–H and O–H groups in total. The molecule has 2 aromatic carbocycles. The van der Waals surface area contributed by atoms with Crippen molar-refractivity contribution in [3.05, 3.63) is 70.3 Å². The minimum absolute atomic E-state index is 0.0807. The first kappa shape index (κ1) is 18.2. The molecule has 1 saturated heterocycles. The first-order valence-electron chi connectivity index (χ1n) is 9.82. The van der Waals surface area contributed by atoms with Crippen LogP contribution in [0.1, 0.15) is 39.0 Å². The molecule has 1 aliphatic heterocycles. The number of aryl methyl sites for hydroxylation is 2. The molecule has 2 aliphatic rings. The molecule has 0 aromatic heterocycles. The van der Waals surface area contributed by atoms with Crippen LogP contribution in [0.15, 0.2) is 42.5 Å². The molecule has 142 valence electrons. The second kappa shape index (κ2) is 7.85. The topological polar surface area (TPSA) is 64.4 Å². The Morgan fingerprint density at radius 2 is 1.68 bits per heavy atom. The molecule has 0 saturated carbocycles. The van der Waals surface area contributed by atoms with Crippen LogP contribution in [0.2, 0.25) is 0 Å². The number of fused-ring (bicyclic) bond motifs is 1. The van der Waals surface area contributed by atoms with E-state index in [1.807, 2.05) is 4.90 Å². The summed E-state index contributed by atoms with van der Waals surface area (Å²) < 4.78 is 0. The van der Waals surface area contributed by atoms with Crippen LogP contribution in [0.4, 0.5) is 0 Å². The van der Waals surface area contributed by atoms with E-state index in [0.29, 0.717) is 43.7 Å². The second-order valence-electron chi connectivity index (χ2n) is 7.50. The minimum atomic E-state index is -0.0807. The number of carbonyl (C=O) groups excluding carboxylic acids is 2. The molecule has 5 heteroatoms. The molecule has 4 rings (SSSR count). The Hall–Kier alpha value is -3.13. The average molecular weight is 373 g/mol. The molecule has 0 unspecified atom stereocenters. The van der Waals surface area contributed by atoms with Gasteiger partial charge in [-0.2, -0.15) is 5.26 Å². The van der Waals surface area contributed by atoms with E-state index in [1.54, 1.807) is 29.2 Å². The highest BCUT2D eigenvalue weighted by atomic mass is 16.2. The van der Waals surface area contributed by atoms with Crippen molar-refractivity contribution in [1.82, 2.24) is 9.80 Å². The number of nitrogens with zero attached hydrogens (tertiary/aromatic N) is 3. The lowest BCUT2D eigenvalue weighted by molar-refractivity contribution is -0.131. The van der Waals surface area contributed by atoms with Gasteiger partial charge in [0.25, 0.3) is 5.91 Å². The number of hydrogen-bond acceptors (Lipinski definition) is 3. The van der Waals surface area contributed by atoms with Crippen LogP contribution in [-0.4, -0.2) is 47.8 Å². The van der Waals surface area contributed by atoms with E-state index >= 15 is 0 Å². The lowest BCUT2D eigenvalue weighted by Crippen LogP contribution is -2.51. The fourth-order valence-corrected chi connectivity index (χ4v) is 4.08. The summed E-state index contributed by atoms with van der Waals surface area (Å²) in [6.07, 6.45) is 3.90. The SMILES string of the molecule is N#Cc1cccc(C(=O)N2CCN(C(=O)Cc3ccc4c(c3)CCC4)CC2)c1. The van der Waals surface area contributed by atoms with E-state index in [9.17, 15) is 9.59 Å². The summed E-state index contributed by atoms with van der Waals surface area (Å²) >= 11 is 0. The molecule has 0 atom stereocenters. The molecule has 5 nitrogen and oxygen atoms in total. The first-order valence-corrected chi connectivity index (χ1v) is 9.82. The van der Waals surface area contributed by atoms with Crippen LogP contribution in [0.3, 0.4) is 0 Å². The van der Waals surface area contributed by atoms with Gasteiger partial charge in [0, 0.05) is 31.7 Å². The third kappa shape index (κ3) is 3.77. The Morgan fingerprint density at radius 1 is 0.929 bits per heavy atom. The van der Waals surface area contributed by atoms with Gasteiger partial charge in [-0.15, -0.1) is 0 Å². The average Bonchev–Trinajstić information content (AvgIpc) is 3.21. The van der Waals surface area contributed by atoms with Crippen LogP contribution < -0.4 is 0 Å². The second-order valence-corrected chi connectivity index (χ2v) is 7.50. The van der Waals surface area contributed by atoms with Gasteiger partial charge >= 0.3 is 0 Å². The summed E-state index contributed by atoms with van der Waals surface area (Å²) in [5.74, 6) is 0.0411. The van der Waals surface area contributed by atoms with Crippen LogP contribution in [0, 0.1) is 11.3 Å². The monoisotopic (exact) mass is 373 g/mol. The van der Waals surface area contributed by atoms with E-state index in [4.69, 9.17) is 5.26 Å². The molecule has 0 spiro atoms. The standard InChI is InChI=1S/C23H23N3O2/c24-16-18-3-1-6-21(14-18)23(28)26-11-9-25(10-12-26)22(27)15-17-7-8-19-4-2-5-20(19)13-17/h1,3,6-8,13-14H,2,4-5,9-12,15H2. The number of benzene rings is 2. The van der Waals surface area contributed by atoms with E-state index in [2.05, 4.69) is 24.3 Å². The highest BCUT2D eigenvalue weighted by Gasteiger charge is 2.25. The van der Waals surface area contributed by atoms with Crippen molar-refractivity contribution in [3.63, 3.8) is 0 Å². The maximum absolute atomic E-state index is 12.7. The van der Waals surface area contributed by atoms with E-state index < -0.39 is 0 Å². The van der Waals surface area contributed by atoms with E-state index in [1.165, 1.54) is 17.5 Å². The number of rotatable bonds is 3. The Labute approximate surface area is 165 Å². The van der Waals surface area contributed by atoms with E-state index in [0.717, 1.165) is 18.4 Å². The van der Waals surface area contributed by atoms with Gasteiger partial charge in [0.15, 0.2) is 0 Å². The summed E-state index contributed by atoms with van der Waals surface area (Å²) in [6.45, 7) is 2.14. The van der Waals surface area contributed by atoms with Crippen molar-refractivity contribution in [2.75, 3.05) is 26.2 Å². The lowest BCUT2D eigenvalue weighted by atomic mass is 10.0. The Morgan fingerprint density at radius 3 is 2.46 bits per heavy atom. The van der Waals surface area contributed by atoms with Gasteiger partial charge in [-0.25, -0.2) is 0 Å². The predicted octanol–water partition coefficient (Wildman–Crippen LogP) is 2.57. The largest absolute Gasteiger partial charge is 0.339 e. The van der Waals surface area contributed by atoms with Crippen molar-refractivity contribution in [2.24, 2.45) is 0 Å². The normalized spacial score (nSPS) is 15.8. The highest BCUT2D eigenvalue weighted by Crippen LogP contribution is 2.23. The summed E-state index contributed by atoms with van der Waals surface area (Å²) in [6, 6.07) is 15.2. The highest BCUT2D eigenvalue weighted by molar-refractivity contribution is 5.94. The zero-order chi connectivity index (χ0) is 19.5. The Balaban J connectivity index is 1.34. The fraction of sp³-hybridized carbons (Fsp3) is 0.348. The Kier molecular flexibility index (Phi) is 5.12.